The number of nitrogens with zero attached hydrogens (tertiary/aromatic N) is 1. The van der Waals surface area contributed by atoms with Crippen molar-refractivity contribution in [2.45, 2.75) is 406 Å². The summed E-state index contributed by atoms with van der Waals surface area (Å²) in [6.45, 7) is 20.9. The number of ether oxygens (including phenoxy) is 6. The molecule has 22 nitrogen and oxygen atoms in total. The number of phosphoric ester groups is 1. The Morgan fingerprint density at radius 1 is 0.459 bits per heavy atom. The van der Waals surface area contributed by atoms with E-state index in [-0.39, 0.29) is 25.7 Å². The van der Waals surface area contributed by atoms with Crippen molar-refractivity contribution in [1.82, 2.24) is 15.5 Å². The Kier molecular flexibility index (Phi) is 60.6. The summed E-state index contributed by atoms with van der Waals surface area (Å²) < 4.78 is 54.2. The summed E-state index contributed by atoms with van der Waals surface area (Å²) in [6.07, 6.45) is 24.9. The molecular formula is C75H143N4O18P. The summed E-state index contributed by atoms with van der Waals surface area (Å²) in [5, 5.41) is 16.2. The van der Waals surface area contributed by atoms with Gasteiger partial charge in [0.05, 0.1) is 32.5 Å². The number of nitrogens with two attached hydrogens (primary N) is 1. The van der Waals surface area contributed by atoms with Crippen LogP contribution in [0.2, 0.25) is 0 Å². The number of primary amides is 1. The molecule has 1 fully saturated rings. The third-order valence-electron chi connectivity index (χ3n) is 18.1. The van der Waals surface area contributed by atoms with Crippen molar-refractivity contribution in [3.63, 3.8) is 0 Å². The minimum absolute atomic E-state index is 0.119. The van der Waals surface area contributed by atoms with Gasteiger partial charge < -0.3 is 64.6 Å². The number of aliphatic hydroxyl groups is 1. The van der Waals surface area contributed by atoms with E-state index in [2.05, 4.69) is 57.1 Å². The number of phosphoric acid groups is 1. The number of amides is 3. The third kappa shape index (κ3) is 51.4. The Morgan fingerprint density at radius 2 is 0.796 bits per heavy atom. The Bertz CT molecular complexity index is 2060. The average Bonchev–Trinajstić information content (AvgIpc) is 0.781. The maximum atomic E-state index is 14.6. The van der Waals surface area contributed by atoms with Gasteiger partial charge in [-0.3, -0.25) is 38.1 Å². The van der Waals surface area contributed by atoms with Crippen molar-refractivity contribution in [3.05, 3.63) is 0 Å². The predicted octanol–water partition coefficient (Wildman–Crippen LogP) is 15.3. The maximum absolute atomic E-state index is 14.6. The van der Waals surface area contributed by atoms with Crippen LogP contribution in [-0.2, 0) is 71.1 Å². The molecule has 0 aliphatic carbocycles. The molecule has 0 saturated carbocycles. The second kappa shape index (κ2) is 63.0. The standard InChI is InChI=1S/C69H128N3O18P.C6H15N/c1-7-13-19-22-25-28-31-34-40-43-54(85-61(76)46-37-16-10-4)49-59(74)71-57(68(70)80)53-84-69-65(72-60(75)50-55(86-62(77)47-38-17-11-5)44-41-35-32-29-26-23-20-14-8-2)67(66(58(52-73)88-69)90-91(81,82)83)89-64(79)51-56(87-63(78)48-39-18-12-6)45-42-36-33-30-27-24-21-15-9-3;1-4-7(5-2)6-3/h54-58,65-67,69,73H,7-53H2,1-6H3,(H2,70,80)(H,71,74)(H,72,75)(H2,81,82,83);4-6H2,1-3H3/t54-,55-,56-,57+,58-,65-,66-,67-,69-;/m1./s1. The predicted molar refractivity (Wildman–Crippen MR) is 386 cm³/mol. The number of unbranched alkanes of at least 4 members (excludes halogenated alkanes) is 30. The highest BCUT2D eigenvalue weighted by molar-refractivity contribution is 7.46. The lowest BCUT2D eigenvalue weighted by atomic mass is 9.95. The van der Waals surface area contributed by atoms with Crippen LogP contribution < -0.4 is 16.4 Å². The molecule has 0 aromatic rings. The molecular weight excluding hydrogens is 1280 g/mol. The summed E-state index contributed by atoms with van der Waals surface area (Å²) in [7, 11) is -5.53. The Labute approximate surface area is 593 Å². The summed E-state index contributed by atoms with van der Waals surface area (Å²) in [5.74, 6) is -4.97. The van der Waals surface area contributed by atoms with E-state index >= 15 is 0 Å². The van der Waals surface area contributed by atoms with Gasteiger partial charge >= 0.3 is 31.7 Å². The monoisotopic (exact) mass is 1420 g/mol. The number of nitrogens with one attached hydrogen (secondary N) is 2. The summed E-state index contributed by atoms with van der Waals surface area (Å²) in [6, 6.07) is -3.32. The van der Waals surface area contributed by atoms with Crippen LogP contribution in [0.4, 0.5) is 0 Å². The van der Waals surface area contributed by atoms with Crippen molar-refractivity contribution in [1.29, 1.82) is 0 Å². The Balaban J connectivity index is 0.0000127. The van der Waals surface area contributed by atoms with E-state index in [4.69, 9.17) is 38.7 Å². The van der Waals surface area contributed by atoms with Gasteiger partial charge in [-0.1, -0.05) is 255 Å². The van der Waals surface area contributed by atoms with Gasteiger partial charge in [-0.25, -0.2) is 4.57 Å². The van der Waals surface area contributed by atoms with Crippen LogP contribution in [0, 0.1) is 0 Å². The highest BCUT2D eigenvalue weighted by atomic mass is 31.2. The lowest BCUT2D eigenvalue weighted by Gasteiger charge is -2.45. The molecule has 0 bridgehead atoms. The fourth-order valence-corrected chi connectivity index (χ4v) is 12.6. The lowest BCUT2D eigenvalue weighted by molar-refractivity contribution is -0.272. The Morgan fingerprint density at radius 3 is 1.12 bits per heavy atom. The quantitative estimate of drug-likeness (QED) is 0.0143. The zero-order valence-electron chi connectivity index (χ0n) is 63.0. The van der Waals surface area contributed by atoms with Crippen molar-refractivity contribution >= 4 is 49.4 Å². The first kappa shape index (κ1) is 94.2. The van der Waals surface area contributed by atoms with Crippen LogP contribution in [-0.4, -0.2) is 149 Å². The SMILES string of the molecule is CCCCCCCCCCC[C@H](CC(=O)N[C@H]1[C@H](OC[C@H](NC(=O)C[C@@H](CCCCCCCCCCC)OC(=O)CCCCC)C(N)=O)O[C@H](CO)[C@@H](OP(=O)(O)O)[C@@H]1OC(=O)C[C@@H](CCCCCCCCCCC)OC(=O)CCCCC)OC(=O)CCCCC.CCN(CC)CC. The van der Waals surface area contributed by atoms with Crippen LogP contribution >= 0.6 is 7.82 Å². The molecule has 0 radical (unpaired) electrons. The van der Waals surface area contributed by atoms with Gasteiger partial charge in [0, 0.05) is 19.3 Å². The van der Waals surface area contributed by atoms with Crippen molar-refractivity contribution in [2.24, 2.45) is 5.73 Å². The minimum Gasteiger partial charge on any atom is -0.462 e. The highest BCUT2D eigenvalue weighted by Crippen LogP contribution is 2.42. The smallest absolute Gasteiger partial charge is 0.462 e. The molecule has 0 aromatic heterocycles. The molecule has 1 saturated heterocycles. The number of hydrogen-bond donors (Lipinski definition) is 6. The zero-order chi connectivity index (χ0) is 73.0. The molecule has 1 heterocycles. The molecule has 0 spiro atoms. The van der Waals surface area contributed by atoms with Gasteiger partial charge in [-0.05, 0) is 77.4 Å². The fraction of sp³-hybridized carbons (Fsp3) is 0.907. The van der Waals surface area contributed by atoms with Crippen LogP contribution in [0.25, 0.3) is 0 Å². The fourth-order valence-electron chi connectivity index (χ4n) is 12.1. The molecule has 576 valence electrons. The van der Waals surface area contributed by atoms with E-state index in [0.717, 1.165) is 141 Å². The number of carbonyl (C=O) groups is 7. The highest BCUT2D eigenvalue weighted by Gasteiger charge is 2.52. The number of hydrogen-bond acceptors (Lipinski definition) is 17. The first-order chi connectivity index (χ1) is 47.2. The normalized spacial score (nSPS) is 17.4. The summed E-state index contributed by atoms with van der Waals surface area (Å²) in [5.41, 5.74) is 5.90. The van der Waals surface area contributed by atoms with E-state index in [1.165, 1.54) is 71.0 Å². The molecule has 1 rings (SSSR count). The molecule has 9 atom stereocenters. The second-order valence-corrected chi connectivity index (χ2v) is 28.2. The van der Waals surface area contributed by atoms with E-state index < -0.39 is 130 Å². The molecule has 1 aliphatic rings. The van der Waals surface area contributed by atoms with Crippen molar-refractivity contribution < 1.29 is 86.0 Å². The molecule has 3 amide bonds. The van der Waals surface area contributed by atoms with E-state index in [0.29, 0.717) is 57.8 Å². The van der Waals surface area contributed by atoms with E-state index in [1.54, 1.807) is 0 Å². The van der Waals surface area contributed by atoms with Crippen LogP contribution in [0.3, 0.4) is 0 Å². The first-order valence-electron chi connectivity index (χ1n) is 39.2. The summed E-state index contributed by atoms with van der Waals surface area (Å²) in [4.78, 5) is 119. The van der Waals surface area contributed by atoms with Gasteiger partial charge in [-0.15, -0.1) is 0 Å². The van der Waals surface area contributed by atoms with E-state index in [9.17, 15) is 53.0 Å². The molecule has 0 aromatic carbocycles. The van der Waals surface area contributed by atoms with Gasteiger partial charge in [-0.2, -0.15) is 0 Å². The molecule has 23 heteroatoms. The summed E-state index contributed by atoms with van der Waals surface area (Å²) >= 11 is 0. The van der Waals surface area contributed by atoms with Gasteiger partial charge in [0.1, 0.15) is 42.6 Å². The Hall–Kier alpha value is -3.76. The van der Waals surface area contributed by atoms with Crippen molar-refractivity contribution in [2.75, 3.05) is 32.8 Å². The maximum Gasteiger partial charge on any atom is 0.470 e. The number of carbonyl (C=O) groups excluding carboxylic acids is 7. The molecule has 1 aliphatic heterocycles. The number of aliphatic hydroxyl groups excluding tert-OH is 1. The van der Waals surface area contributed by atoms with E-state index in [1.807, 2.05) is 20.8 Å². The molecule has 0 unspecified atom stereocenters. The average molecular weight is 1420 g/mol. The van der Waals surface area contributed by atoms with Crippen LogP contribution in [0.1, 0.15) is 351 Å². The topological polar surface area (TPSA) is 315 Å². The third-order valence-corrected chi connectivity index (χ3v) is 18.6. The number of rotatable bonds is 64. The number of esters is 4. The largest absolute Gasteiger partial charge is 0.470 e. The minimum atomic E-state index is -5.53. The zero-order valence-corrected chi connectivity index (χ0v) is 63.9. The molecule has 98 heavy (non-hydrogen) atoms. The van der Waals surface area contributed by atoms with Gasteiger partial charge in [0.25, 0.3) is 0 Å². The lowest BCUT2D eigenvalue weighted by Crippen LogP contribution is -2.67. The van der Waals surface area contributed by atoms with Crippen LogP contribution in [0.5, 0.6) is 0 Å². The van der Waals surface area contributed by atoms with Gasteiger partial charge in [0.2, 0.25) is 17.7 Å². The van der Waals surface area contributed by atoms with Crippen LogP contribution in [0.15, 0.2) is 0 Å². The van der Waals surface area contributed by atoms with Gasteiger partial charge in [0.15, 0.2) is 12.4 Å². The first-order valence-corrected chi connectivity index (χ1v) is 40.7. The van der Waals surface area contributed by atoms with Crippen molar-refractivity contribution in [3.8, 4) is 0 Å². The second-order valence-electron chi connectivity index (χ2n) is 27.0. The molecule has 7 N–H and O–H groups in total.